The number of rotatable bonds is 4. The van der Waals surface area contributed by atoms with Crippen molar-refractivity contribution < 1.29 is 20.4 Å². The second-order valence-corrected chi connectivity index (χ2v) is 9.69. The molecule has 0 radical (unpaired) electrons. The van der Waals surface area contributed by atoms with E-state index in [2.05, 4.69) is 41.5 Å². The number of carbonyl (C=O) groups excluding carboxylic acids is 1. The zero-order valence-electron chi connectivity index (χ0n) is 21.6. The Labute approximate surface area is 199 Å². The largest absolute Gasteiger partial charge is 0.508 e. The molecule has 0 spiro atoms. The summed E-state index contributed by atoms with van der Waals surface area (Å²) < 4.78 is 21.3. The number of halogens is 1. The van der Waals surface area contributed by atoms with Gasteiger partial charge < -0.3 is 9.84 Å². The minimum Gasteiger partial charge on any atom is -0.508 e. The summed E-state index contributed by atoms with van der Waals surface area (Å²) in [5, 5.41) is 9.02. The Morgan fingerprint density at radius 2 is 1.39 bits per heavy atom. The molecular weight excluding hydrogens is 415 g/mol. The highest BCUT2D eigenvalue weighted by molar-refractivity contribution is 5.79. The minimum absolute atomic E-state index is 0.0235. The number of aldehydes is 1. The quantitative estimate of drug-likeness (QED) is 0.413. The molecule has 0 bridgehead atoms. The van der Waals surface area contributed by atoms with Crippen LogP contribution in [0.25, 0.3) is 0 Å². The van der Waals surface area contributed by atoms with Gasteiger partial charge in [0.15, 0.2) is 6.29 Å². The fraction of sp³-hybridized carbons (Fsp3) is 0.345. The highest BCUT2D eigenvalue weighted by atomic mass is 19.1. The first kappa shape index (κ1) is 26.1. The van der Waals surface area contributed by atoms with Gasteiger partial charge in [0.1, 0.15) is 18.1 Å². The van der Waals surface area contributed by atoms with E-state index in [1.807, 2.05) is 60.7 Å². The molecule has 0 heterocycles. The fourth-order valence-electron chi connectivity index (χ4n) is 2.94. The molecule has 3 aromatic rings. The van der Waals surface area contributed by atoms with Crippen molar-refractivity contribution in [3.05, 3.63) is 95.1 Å². The number of phenolic OH excluding ortho intramolecular Hbond substituents is 1. The Morgan fingerprint density at radius 1 is 0.879 bits per heavy atom. The Bertz CT molecular complexity index is 989. The molecule has 0 saturated carbocycles. The van der Waals surface area contributed by atoms with Crippen molar-refractivity contribution in [1.82, 2.24) is 0 Å². The van der Waals surface area contributed by atoms with E-state index in [4.69, 9.17) is 11.2 Å². The molecule has 0 saturated heterocycles. The smallest absolute Gasteiger partial charge is 0.153 e. The molecule has 178 valence electrons. The predicted molar refractivity (Wildman–Crippen MR) is 135 cm³/mol. The van der Waals surface area contributed by atoms with Gasteiger partial charge >= 0.3 is 0 Å². The van der Waals surface area contributed by atoms with Crippen LogP contribution < -0.4 is 4.74 Å². The van der Waals surface area contributed by atoms with Crippen LogP contribution in [0.5, 0.6) is 11.5 Å². The van der Waals surface area contributed by atoms with Crippen LogP contribution in [-0.2, 0) is 17.4 Å². The molecule has 3 aromatic carbocycles. The van der Waals surface area contributed by atoms with Gasteiger partial charge in [-0.2, -0.15) is 0 Å². The van der Waals surface area contributed by atoms with Crippen LogP contribution in [0.1, 0.15) is 70.0 Å². The first-order valence-corrected chi connectivity index (χ1v) is 10.8. The number of phenols is 1. The van der Waals surface area contributed by atoms with E-state index in [0.29, 0.717) is 23.7 Å². The van der Waals surface area contributed by atoms with Gasteiger partial charge in [0.25, 0.3) is 0 Å². The lowest BCUT2D eigenvalue weighted by atomic mass is 9.86. The summed E-state index contributed by atoms with van der Waals surface area (Å²) in [5.41, 5.74) is 4.27. The summed E-state index contributed by atoms with van der Waals surface area (Å²) in [6, 6.07) is 23.1. The van der Waals surface area contributed by atoms with E-state index >= 15 is 0 Å². The third-order valence-electron chi connectivity index (χ3n) is 4.97. The van der Waals surface area contributed by atoms with Crippen LogP contribution in [0.15, 0.2) is 72.8 Å². The molecule has 3 nitrogen and oxygen atoms in total. The Morgan fingerprint density at radius 3 is 1.88 bits per heavy atom. The number of carbonyl (C=O) groups is 1. The van der Waals surface area contributed by atoms with Crippen molar-refractivity contribution in [3.63, 3.8) is 0 Å². The van der Waals surface area contributed by atoms with Crippen molar-refractivity contribution in [3.8, 4) is 11.5 Å². The van der Waals surface area contributed by atoms with Crippen molar-refractivity contribution in [2.75, 3.05) is 7.15 Å². The van der Waals surface area contributed by atoms with Crippen molar-refractivity contribution in [2.45, 2.75) is 59.0 Å². The molecule has 0 unspecified atom stereocenters. The second-order valence-electron chi connectivity index (χ2n) is 9.69. The number of hydrogen-bond donors (Lipinski definition) is 1. The Balaban J connectivity index is 0.000000347. The lowest BCUT2D eigenvalue weighted by Gasteiger charge is -2.20. The van der Waals surface area contributed by atoms with Gasteiger partial charge in [0.2, 0.25) is 0 Å². The third kappa shape index (κ3) is 9.48. The highest BCUT2D eigenvalue weighted by Crippen LogP contribution is 2.27. The number of benzene rings is 3. The first-order chi connectivity index (χ1) is 15.9. The van der Waals surface area contributed by atoms with Crippen molar-refractivity contribution in [2.24, 2.45) is 0 Å². The van der Waals surface area contributed by atoms with Gasteiger partial charge in [-0.25, -0.2) is 0 Å². The number of hydrogen-bond acceptors (Lipinski definition) is 3. The molecule has 0 fully saturated rings. The normalized spacial score (nSPS) is 11.2. The molecule has 3 rings (SSSR count). The second kappa shape index (κ2) is 12.8. The highest BCUT2D eigenvalue weighted by Gasteiger charge is 2.16. The van der Waals surface area contributed by atoms with Crippen LogP contribution in [0.4, 0.5) is 4.39 Å². The van der Waals surface area contributed by atoms with Crippen LogP contribution in [-0.4, -0.2) is 18.5 Å². The zero-order valence-corrected chi connectivity index (χ0v) is 20.6. The van der Waals surface area contributed by atoms with Crippen molar-refractivity contribution >= 4 is 6.29 Å². The van der Waals surface area contributed by atoms with Crippen LogP contribution >= 0.6 is 0 Å². The molecule has 1 N–H and O–H groups in total. The first-order valence-electron chi connectivity index (χ1n) is 11.5. The van der Waals surface area contributed by atoms with Gasteiger partial charge in [0, 0.05) is 0 Å². The summed E-state index contributed by atoms with van der Waals surface area (Å²) in [4.78, 5) is 11.2. The molecule has 4 heteroatoms. The van der Waals surface area contributed by atoms with Gasteiger partial charge in [0.05, 0.1) is 14.1 Å². The molecule has 0 aliphatic rings. The topological polar surface area (TPSA) is 46.5 Å². The third-order valence-corrected chi connectivity index (χ3v) is 4.97. The summed E-state index contributed by atoms with van der Waals surface area (Å²) in [6.45, 7) is 13.3. The van der Waals surface area contributed by atoms with Gasteiger partial charge in [-0.1, -0.05) is 90.1 Å². The standard InChI is InChI=1S/C18H20O2.C10H14O.CH3F/c1-18(2,3)16-9-10-17(15(11-16)12-19)20-13-14-7-5-4-6-8-14;1-10(2,3)8-4-6-9(11)7-5-8;1-2/h4-12H,13H2,1-3H3;4-7,11H,1-3H3;1H3/i;;1D. The van der Waals surface area contributed by atoms with E-state index < -0.39 is 7.15 Å². The van der Waals surface area contributed by atoms with E-state index in [0.717, 1.165) is 17.4 Å². The fourth-order valence-corrected chi connectivity index (χ4v) is 2.94. The molecule has 33 heavy (non-hydrogen) atoms. The zero-order chi connectivity index (χ0) is 25.8. The molecule has 0 amide bonds. The predicted octanol–water partition coefficient (Wildman–Crippen LogP) is 7.65. The maximum atomic E-state index is 11.2. The molecular formula is C29H37FO3. The molecule has 0 aliphatic heterocycles. The molecule has 0 atom stereocenters. The minimum atomic E-state index is -1.00. The monoisotopic (exact) mass is 453 g/mol. The average molecular weight is 454 g/mol. The Hall–Kier alpha value is -3.14. The van der Waals surface area contributed by atoms with Crippen molar-refractivity contribution in [1.29, 1.82) is 0 Å². The lowest BCUT2D eigenvalue weighted by Crippen LogP contribution is -2.11. The van der Waals surface area contributed by atoms with Gasteiger partial charge in [-0.15, -0.1) is 0 Å². The molecule has 0 aliphatic carbocycles. The SMILES string of the molecule is CC(C)(C)c1ccc(O)cc1.CC(C)(C)c1ccc(OCc2ccccc2)c(C=O)c1.[2H]CF. The lowest BCUT2D eigenvalue weighted by molar-refractivity contribution is 0.111. The van der Waals surface area contributed by atoms with Crippen LogP contribution in [0.2, 0.25) is 0 Å². The number of alkyl halides is 1. The number of ether oxygens (including phenoxy) is 1. The van der Waals surface area contributed by atoms with Crippen LogP contribution in [0, 0.1) is 0 Å². The maximum Gasteiger partial charge on any atom is 0.153 e. The molecule has 0 aromatic heterocycles. The summed E-state index contributed by atoms with van der Waals surface area (Å²) in [6.07, 6.45) is 0.857. The summed E-state index contributed by atoms with van der Waals surface area (Å²) >= 11 is 0. The Kier molecular flexibility index (Phi) is 10.1. The van der Waals surface area contributed by atoms with Gasteiger partial charge in [-0.3, -0.25) is 9.18 Å². The van der Waals surface area contributed by atoms with E-state index in [1.165, 1.54) is 5.56 Å². The summed E-state index contributed by atoms with van der Waals surface area (Å²) in [7, 11) is -1.00. The average Bonchev–Trinajstić information content (AvgIpc) is 2.78. The van der Waals surface area contributed by atoms with E-state index in [-0.39, 0.29) is 10.8 Å². The number of aromatic hydroxyl groups is 1. The van der Waals surface area contributed by atoms with Gasteiger partial charge in [-0.05, 0) is 51.8 Å². The van der Waals surface area contributed by atoms with Crippen LogP contribution in [0.3, 0.4) is 0 Å². The summed E-state index contributed by atoms with van der Waals surface area (Å²) in [5.74, 6) is 0.967. The maximum absolute atomic E-state index is 11.2. The van der Waals surface area contributed by atoms with E-state index in [1.54, 1.807) is 12.1 Å². The van der Waals surface area contributed by atoms with E-state index in [9.17, 15) is 9.18 Å².